The molecule has 7 nitrogen and oxygen atoms in total. The lowest BCUT2D eigenvalue weighted by Crippen LogP contribution is -2.59. The fourth-order valence-electron chi connectivity index (χ4n) is 5.14. The number of hydrogen-bond donors (Lipinski definition) is 3. The smallest absolute Gasteiger partial charge is 0.315 e. The van der Waals surface area contributed by atoms with Gasteiger partial charge in [-0.2, -0.15) is 0 Å². The summed E-state index contributed by atoms with van der Waals surface area (Å²) in [5.74, 6) is 0.0951. The molecule has 0 bridgehead atoms. The van der Waals surface area contributed by atoms with Crippen molar-refractivity contribution in [2.75, 3.05) is 39.4 Å². The minimum absolute atomic E-state index is 0.0919. The van der Waals surface area contributed by atoms with Crippen LogP contribution in [0.4, 0.5) is 4.79 Å². The Morgan fingerprint density at radius 2 is 1.62 bits per heavy atom. The van der Waals surface area contributed by atoms with Crippen LogP contribution in [0, 0.1) is 0 Å². The van der Waals surface area contributed by atoms with Crippen LogP contribution in [0.2, 0.25) is 0 Å². The molecule has 0 unspecified atom stereocenters. The zero-order valence-electron chi connectivity index (χ0n) is 18.0. The molecule has 3 N–H and O–H groups in total. The molecule has 166 valence electrons. The number of hydrogen-bond acceptors (Lipinski definition) is 4. The summed E-state index contributed by atoms with van der Waals surface area (Å²) in [6.07, 6.45) is 13.1. The summed E-state index contributed by atoms with van der Waals surface area (Å²) in [5.41, 5.74) is 0.107. The quantitative estimate of drug-likeness (QED) is 0.539. The van der Waals surface area contributed by atoms with Crippen molar-refractivity contribution >= 4 is 11.9 Å². The van der Waals surface area contributed by atoms with Crippen molar-refractivity contribution < 1.29 is 14.3 Å². The molecule has 3 rings (SSSR count). The van der Waals surface area contributed by atoms with Gasteiger partial charge in [0.1, 0.15) is 0 Å². The molecule has 7 heteroatoms. The van der Waals surface area contributed by atoms with Crippen LogP contribution in [0.25, 0.3) is 0 Å². The lowest BCUT2D eigenvalue weighted by Gasteiger charge is -2.48. The molecule has 0 aromatic rings. The number of carbonyl (C=O) groups is 2. The number of amides is 3. The first-order valence-corrected chi connectivity index (χ1v) is 11.8. The van der Waals surface area contributed by atoms with Crippen molar-refractivity contribution in [3.05, 3.63) is 0 Å². The van der Waals surface area contributed by atoms with E-state index in [-0.39, 0.29) is 17.5 Å². The van der Waals surface area contributed by atoms with E-state index in [4.69, 9.17) is 4.74 Å². The Kier molecular flexibility index (Phi) is 9.05. The number of ether oxygens (including phenoxy) is 1. The van der Waals surface area contributed by atoms with Gasteiger partial charge >= 0.3 is 6.03 Å². The SMILES string of the molecule is O=C(CCCNC(=O)NC1CCCCC1)NCC1(N2CCOCC2)CCCCC1. The van der Waals surface area contributed by atoms with Gasteiger partial charge in [-0.3, -0.25) is 9.69 Å². The molecule has 0 radical (unpaired) electrons. The number of carbonyl (C=O) groups excluding carboxylic acids is 2. The molecular weight excluding hydrogens is 368 g/mol. The van der Waals surface area contributed by atoms with Crippen LogP contribution in [0.15, 0.2) is 0 Å². The third kappa shape index (κ3) is 7.14. The summed E-state index contributed by atoms with van der Waals surface area (Å²) >= 11 is 0. The predicted molar refractivity (Wildman–Crippen MR) is 114 cm³/mol. The highest BCUT2D eigenvalue weighted by atomic mass is 16.5. The monoisotopic (exact) mass is 408 g/mol. The Labute approximate surface area is 175 Å². The van der Waals surface area contributed by atoms with E-state index in [1.54, 1.807) is 0 Å². The molecule has 3 amide bonds. The second-order valence-electron chi connectivity index (χ2n) is 9.00. The average Bonchev–Trinajstić information content (AvgIpc) is 2.77. The molecule has 3 fully saturated rings. The average molecular weight is 409 g/mol. The maximum absolute atomic E-state index is 12.4. The Balaban J connectivity index is 1.32. The van der Waals surface area contributed by atoms with Crippen molar-refractivity contribution in [1.82, 2.24) is 20.9 Å². The summed E-state index contributed by atoms with van der Waals surface area (Å²) < 4.78 is 5.53. The minimum atomic E-state index is -0.0919. The van der Waals surface area contributed by atoms with Crippen LogP contribution >= 0.6 is 0 Å². The number of morpholine rings is 1. The van der Waals surface area contributed by atoms with E-state index in [1.807, 2.05) is 0 Å². The molecule has 3 aliphatic rings. The fraction of sp³-hybridized carbons (Fsp3) is 0.909. The zero-order chi connectivity index (χ0) is 20.4. The largest absolute Gasteiger partial charge is 0.379 e. The Morgan fingerprint density at radius 1 is 0.931 bits per heavy atom. The molecule has 2 saturated carbocycles. The maximum Gasteiger partial charge on any atom is 0.315 e. The van der Waals surface area contributed by atoms with Crippen molar-refractivity contribution in [2.45, 2.75) is 88.6 Å². The van der Waals surface area contributed by atoms with Crippen molar-refractivity contribution in [1.29, 1.82) is 0 Å². The van der Waals surface area contributed by atoms with Gasteiger partial charge in [0, 0.05) is 44.2 Å². The second kappa shape index (κ2) is 11.7. The van der Waals surface area contributed by atoms with Crippen molar-refractivity contribution in [3.8, 4) is 0 Å². The second-order valence-corrected chi connectivity index (χ2v) is 9.00. The molecular formula is C22H40N4O3. The third-order valence-electron chi connectivity index (χ3n) is 6.89. The molecule has 0 atom stereocenters. The van der Waals surface area contributed by atoms with Gasteiger partial charge in [-0.15, -0.1) is 0 Å². The highest BCUT2D eigenvalue weighted by Crippen LogP contribution is 2.33. The first-order chi connectivity index (χ1) is 14.2. The van der Waals surface area contributed by atoms with E-state index in [9.17, 15) is 9.59 Å². The van der Waals surface area contributed by atoms with Gasteiger partial charge in [-0.25, -0.2) is 4.79 Å². The summed E-state index contributed by atoms with van der Waals surface area (Å²) in [6.45, 7) is 4.81. The Hall–Kier alpha value is -1.34. The van der Waals surface area contributed by atoms with Crippen LogP contribution in [-0.2, 0) is 9.53 Å². The molecule has 29 heavy (non-hydrogen) atoms. The minimum Gasteiger partial charge on any atom is -0.379 e. The normalized spacial score (nSPS) is 23.3. The predicted octanol–water partition coefficient (Wildman–Crippen LogP) is 2.55. The van der Waals surface area contributed by atoms with Gasteiger partial charge < -0.3 is 20.7 Å². The maximum atomic E-state index is 12.4. The van der Waals surface area contributed by atoms with Gasteiger partial charge in [0.2, 0.25) is 5.91 Å². The zero-order valence-corrected chi connectivity index (χ0v) is 18.0. The molecule has 0 aromatic carbocycles. The van der Waals surface area contributed by atoms with Gasteiger partial charge in [0.05, 0.1) is 13.2 Å². The summed E-state index contributed by atoms with van der Waals surface area (Å²) in [7, 11) is 0. The summed E-state index contributed by atoms with van der Waals surface area (Å²) in [4.78, 5) is 26.9. The highest BCUT2D eigenvalue weighted by molar-refractivity contribution is 5.76. The van der Waals surface area contributed by atoms with Crippen molar-refractivity contribution in [3.63, 3.8) is 0 Å². The van der Waals surface area contributed by atoms with Gasteiger partial charge in [-0.05, 0) is 32.1 Å². The number of nitrogens with one attached hydrogen (secondary N) is 3. The molecule has 1 aliphatic heterocycles. The van der Waals surface area contributed by atoms with Gasteiger partial charge in [0.25, 0.3) is 0 Å². The lowest BCUT2D eigenvalue weighted by molar-refractivity contribution is -0.122. The van der Waals surface area contributed by atoms with Gasteiger partial charge in [-0.1, -0.05) is 38.5 Å². The standard InChI is InChI=1S/C22H40N4O3/c27-20(10-7-13-23-21(28)25-19-8-3-1-4-9-19)24-18-22(11-5-2-6-12-22)26-14-16-29-17-15-26/h19H,1-18H2,(H,24,27)(H2,23,25,28). The number of nitrogens with zero attached hydrogens (tertiary/aromatic N) is 1. The van der Waals surface area contributed by atoms with E-state index >= 15 is 0 Å². The van der Waals surface area contributed by atoms with Crippen LogP contribution in [0.3, 0.4) is 0 Å². The highest BCUT2D eigenvalue weighted by Gasteiger charge is 2.38. The van der Waals surface area contributed by atoms with E-state index in [0.29, 0.717) is 25.4 Å². The summed E-state index contributed by atoms with van der Waals surface area (Å²) in [5, 5.41) is 9.14. The Morgan fingerprint density at radius 3 is 2.34 bits per heavy atom. The van der Waals surface area contributed by atoms with E-state index in [1.165, 1.54) is 38.5 Å². The number of urea groups is 1. The van der Waals surface area contributed by atoms with Gasteiger partial charge in [0.15, 0.2) is 0 Å². The first-order valence-electron chi connectivity index (χ1n) is 11.8. The molecule has 2 aliphatic carbocycles. The topological polar surface area (TPSA) is 82.7 Å². The van der Waals surface area contributed by atoms with E-state index < -0.39 is 0 Å². The third-order valence-corrected chi connectivity index (χ3v) is 6.89. The molecule has 0 spiro atoms. The van der Waals surface area contributed by atoms with E-state index in [0.717, 1.165) is 58.5 Å². The van der Waals surface area contributed by atoms with Crippen LogP contribution in [0.1, 0.15) is 77.0 Å². The molecule has 1 saturated heterocycles. The molecule has 1 heterocycles. The summed E-state index contributed by atoms with van der Waals surface area (Å²) in [6, 6.07) is 0.227. The number of rotatable bonds is 8. The van der Waals surface area contributed by atoms with Crippen LogP contribution < -0.4 is 16.0 Å². The molecule has 0 aromatic heterocycles. The van der Waals surface area contributed by atoms with Crippen molar-refractivity contribution in [2.24, 2.45) is 0 Å². The van der Waals surface area contributed by atoms with E-state index in [2.05, 4.69) is 20.9 Å². The lowest BCUT2D eigenvalue weighted by atomic mass is 9.79. The first kappa shape index (κ1) is 22.3. The fourth-order valence-corrected chi connectivity index (χ4v) is 5.14. The Bertz CT molecular complexity index is 510. The van der Waals surface area contributed by atoms with Crippen LogP contribution in [0.5, 0.6) is 0 Å². The van der Waals surface area contributed by atoms with Crippen LogP contribution in [-0.4, -0.2) is 67.8 Å².